The zero-order valence-corrected chi connectivity index (χ0v) is 11.4. The average molecular weight is 319 g/mol. The van der Waals surface area contributed by atoms with Crippen LogP contribution >= 0.6 is 23.2 Å². The van der Waals surface area contributed by atoms with E-state index >= 15 is 0 Å². The van der Waals surface area contributed by atoms with Crippen molar-refractivity contribution in [3.05, 3.63) is 21.9 Å². The summed E-state index contributed by atoms with van der Waals surface area (Å²) in [6.45, 7) is -0.560. The molecule has 2 heterocycles. The molecule has 1 fully saturated rings. The zero-order chi connectivity index (χ0) is 14.9. The predicted octanol–water partition coefficient (Wildman–Crippen LogP) is -0.191. The highest BCUT2D eigenvalue weighted by atomic mass is 35.5. The number of carbonyl (C=O) groups is 3. The van der Waals surface area contributed by atoms with E-state index in [4.69, 9.17) is 28.3 Å². The molecule has 1 unspecified atom stereocenters. The molecule has 2 N–H and O–H groups in total. The Morgan fingerprint density at radius 3 is 2.75 bits per heavy atom. The Morgan fingerprint density at radius 2 is 2.10 bits per heavy atom. The van der Waals surface area contributed by atoms with Gasteiger partial charge in [-0.05, 0) is 6.07 Å². The van der Waals surface area contributed by atoms with Crippen LogP contribution in [0.5, 0.6) is 0 Å². The Bertz CT molecular complexity index is 595. The molecule has 20 heavy (non-hydrogen) atoms. The lowest BCUT2D eigenvalue weighted by Gasteiger charge is -2.32. The maximum atomic E-state index is 12.3. The van der Waals surface area contributed by atoms with E-state index in [2.05, 4.69) is 15.5 Å². The molecule has 0 bridgehead atoms. The number of hydrogen-bond donors (Lipinski definition) is 2. The smallest absolute Gasteiger partial charge is 0.328 e. The van der Waals surface area contributed by atoms with Gasteiger partial charge in [0, 0.05) is 6.54 Å². The maximum Gasteiger partial charge on any atom is 0.328 e. The number of nitrogens with zero attached hydrogens (tertiary/aromatic N) is 3. The second-order valence-corrected chi connectivity index (χ2v) is 4.71. The highest BCUT2D eigenvalue weighted by molar-refractivity contribution is 6.34. The first-order valence-corrected chi connectivity index (χ1v) is 6.15. The number of nitrogens with one attached hydrogen (secondary N) is 1. The average Bonchev–Trinajstić information content (AvgIpc) is 2.40. The van der Waals surface area contributed by atoms with Gasteiger partial charge in [0.15, 0.2) is 10.3 Å². The molecule has 0 spiro atoms. The summed E-state index contributed by atoms with van der Waals surface area (Å²) in [7, 11) is 0. The second kappa shape index (κ2) is 5.59. The monoisotopic (exact) mass is 318 g/mol. The van der Waals surface area contributed by atoms with E-state index in [-0.39, 0.29) is 29.0 Å². The molecule has 0 aliphatic carbocycles. The van der Waals surface area contributed by atoms with E-state index < -0.39 is 23.8 Å². The third-order valence-corrected chi connectivity index (χ3v) is 3.14. The Balaban J connectivity index is 2.36. The highest BCUT2D eigenvalue weighted by Crippen LogP contribution is 2.19. The Labute approximate surface area is 122 Å². The summed E-state index contributed by atoms with van der Waals surface area (Å²) in [5.74, 6) is -2.43. The number of rotatable bonds is 2. The third-order valence-electron chi connectivity index (χ3n) is 2.68. The molecule has 1 saturated heterocycles. The lowest BCUT2D eigenvalue weighted by molar-refractivity contribution is -0.144. The maximum absolute atomic E-state index is 12.3. The van der Waals surface area contributed by atoms with Gasteiger partial charge in [-0.2, -0.15) is 0 Å². The van der Waals surface area contributed by atoms with Gasteiger partial charge in [-0.3, -0.25) is 9.59 Å². The highest BCUT2D eigenvalue weighted by Gasteiger charge is 2.36. The van der Waals surface area contributed by atoms with Gasteiger partial charge >= 0.3 is 5.97 Å². The van der Waals surface area contributed by atoms with Gasteiger partial charge in [-0.15, -0.1) is 10.2 Å². The van der Waals surface area contributed by atoms with Crippen molar-refractivity contribution in [1.29, 1.82) is 0 Å². The molecule has 2 amide bonds. The van der Waals surface area contributed by atoms with Crippen LogP contribution in [0.15, 0.2) is 6.07 Å². The minimum Gasteiger partial charge on any atom is -0.480 e. The van der Waals surface area contributed by atoms with Gasteiger partial charge in [-0.1, -0.05) is 23.2 Å². The van der Waals surface area contributed by atoms with Gasteiger partial charge in [0.1, 0.15) is 12.6 Å². The molecule has 1 atom stereocenters. The fourth-order valence-corrected chi connectivity index (χ4v) is 2.05. The van der Waals surface area contributed by atoms with Gasteiger partial charge in [0.05, 0.1) is 5.56 Å². The molecule has 1 aliphatic heterocycles. The SMILES string of the molecule is O=C1CN(C(=O)c2cc(Cl)nnc2Cl)C(C(=O)O)CN1. The van der Waals surface area contributed by atoms with Crippen LogP contribution < -0.4 is 5.32 Å². The van der Waals surface area contributed by atoms with E-state index in [1.165, 1.54) is 6.07 Å². The zero-order valence-electron chi connectivity index (χ0n) is 9.84. The molecular formula is C10H8Cl2N4O4. The third kappa shape index (κ3) is 2.81. The summed E-state index contributed by atoms with van der Waals surface area (Å²) >= 11 is 11.4. The number of amides is 2. The number of carboxylic acids is 1. The molecule has 10 heteroatoms. The molecule has 106 valence electrons. The minimum absolute atomic E-state index is 0.0638. The fourth-order valence-electron chi connectivity index (χ4n) is 1.73. The van der Waals surface area contributed by atoms with E-state index in [0.717, 1.165) is 4.90 Å². The summed E-state index contributed by atoms with van der Waals surface area (Å²) < 4.78 is 0. The molecular weight excluding hydrogens is 311 g/mol. The summed E-state index contributed by atoms with van der Waals surface area (Å²) in [6.07, 6.45) is 0. The van der Waals surface area contributed by atoms with Crippen molar-refractivity contribution in [2.24, 2.45) is 0 Å². The topological polar surface area (TPSA) is 112 Å². The standard InChI is InChI=1S/C10H8Cl2N4O4/c11-6-1-4(8(12)15-14-6)9(18)16-3-7(17)13-2-5(16)10(19)20/h1,5H,2-3H2,(H,13,17)(H,19,20). The Hall–Kier alpha value is -1.93. The molecule has 1 aromatic rings. The first-order valence-electron chi connectivity index (χ1n) is 5.39. The van der Waals surface area contributed by atoms with Crippen molar-refractivity contribution >= 4 is 41.0 Å². The van der Waals surface area contributed by atoms with Gasteiger partial charge in [0.25, 0.3) is 5.91 Å². The molecule has 0 radical (unpaired) electrons. The Morgan fingerprint density at radius 1 is 1.40 bits per heavy atom. The van der Waals surface area contributed by atoms with Crippen LogP contribution in [-0.4, -0.2) is 57.1 Å². The van der Waals surface area contributed by atoms with Crippen LogP contribution in [0.2, 0.25) is 10.3 Å². The first kappa shape index (κ1) is 14.5. The number of piperazine rings is 1. The van der Waals surface area contributed by atoms with Gasteiger partial charge in [0.2, 0.25) is 5.91 Å². The molecule has 2 rings (SSSR count). The van der Waals surface area contributed by atoms with E-state index in [1.807, 2.05) is 0 Å². The van der Waals surface area contributed by atoms with Crippen molar-refractivity contribution in [2.45, 2.75) is 6.04 Å². The summed E-state index contributed by atoms with van der Waals surface area (Å²) in [5, 5.41) is 18.1. The lowest BCUT2D eigenvalue weighted by atomic mass is 10.1. The quantitative estimate of drug-likeness (QED) is 0.781. The van der Waals surface area contributed by atoms with Crippen LogP contribution in [-0.2, 0) is 9.59 Å². The van der Waals surface area contributed by atoms with Crippen LogP contribution in [0.3, 0.4) is 0 Å². The minimum atomic E-state index is -1.23. The number of aliphatic carboxylic acids is 1. The van der Waals surface area contributed by atoms with Crippen molar-refractivity contribution in [2.75, 3.05) is 13.1 Å². The lowest BCUT2D eigenvalue weighted by Crippen LogP contribution is -2.59. The number of halogens is 2. The number of hydrogen-bond acceptors (Lipinski definition) is 5. The predicted molar refractivity (Wildman–Crippen MR) is 67.5 cm³/mol. The van der Waals surface area contributed by atoms with Crippen molar-refractivity contribution in [1.82, 2.24) is 20.4 Å². The van der Waals surface area contributed by atoms with E-state index in [1.54, 1.807) is 0 Å². The summed E-state index contributed by atoms with van der Waals surface area (Å²) in [6, 6.07) is -0.00631. The van der Waals surface area contributed by atoms with E-state index in [9.17, 15) is 14.4 Å². The summed E-state index contributed by atoms with van der Waals surface area (Å²) in [4.78, 5) is 35.7. The van der Waals surface area contributed by atoms with Crippen molar-refractivity contribution < 1.29 is 19.5 Å². The Kier molecular flexibility index (Phi) is 4.05. The van der Waals surface area contributed by atoms with E-state index in [0.29, 0.717) is 0 Å². The van der Waals surface area contributed by atoms with Crippen LogP contribution in [0, 0.1) is 0 Å². The van der Waals surface area contributed by atoms with Crippen LogP contribution in [0.4, 0.5) is 0 Å². The van der Waals surface area contributed by atoms with Gasteiger partial charge in [-0.25, -0.2) is 4.79 Å². The molecule has 8 nitrogen and oxygen atoms in total. The number of carbonyl (C=O) groups excluding carboxylic acids is 2. The summed E-state index contributed by atoms with van der Waals surface area (Å²) in [5.41, 5.74) is -0.104. The van der Waals surface area contributed by atoms with Crippen molar-refractivity contribution in [3.63, 3.8) is 0 Å². The second-order valence-electron chi connectivity index (χ2n) is 3.96. The molecule has 1 aromatic heterocycles. The first-order chi connectivity index (χ1) is 9.40. The number of carboxylic acid groups (broad SMARTS) is 1. The van der Waals surface area contributed by atoms with Crippen LogP contribution in [0.1, 0.15) is 10.4 Å². The molecule has 1 aliphatic rings. The molecule has 0 aromatic carbocycles. The molecule has 0 saturated carbocycles. The fraction of sp³-hybridized carbons (Fsp3) is 0.300. The number of aromatic nitrogens is 2. The van der Waals surface area contributed by atoms with Crippen LogP contribution in [0.25, 0.3) is 0 Å². The van der Waals surface area contributed by atoms with Crippen molar-refractivity contribution in [3.8, 4) is 0 Å². The normalized spacial score (nSPS) is 18.6. The van der Waals surface area contributed by atoms with Gasteiger partial charge < -0.3 is 15.3 Å². The largest absolute Gasteiger partial charge is 0.480 e.